The first-order valence-electron chi connectivity index (χ1n) is 4.62. The van der Waals surface area contributed by atoms with Crippen molar-refractivity contribution in [2.75, 3.05) is 0 Å². The fraction of sp³-hybridized carbons (Fsp3) is 0.0909. The first-order chi connectivity index (χ1) is 7.70. The number of hydrogen-bond acceptors (Lipinski definition) is 4. The predicted molar refractivity (Wildman–Crippen MR) is 57.7 cm³/mol. The van der Waals surface area contributed by atoms with Gasteiger partial charge < -0.3 is 0 Å². The second-order valence-corrected chi connectivity index (χ2v) is 3.27. The van der Waals surface area contributed by atoms with Crippen LogP contribution in [0.15, 0.2) is 30.3 Å². The number of benzene rings is 1. The molecule has 0 radical (unpaired) electrons. The Morgan fingerprint density at radius 1 is 1.38 bits per heavy atom. The first kappa shape index (κ1) is 10.1. The van der Waals surface area contributed by atoms with Crippen LogP contribution in [-0.4, -0.2) is 9.91 Å². The highest BCUT2D eigenvalue weighted by Crippen LogP contribution is 2.19. The number of rotatable bonds is 2. The van der Waals surface area contributed by atoms with E-state index in [1.165, 1.54) is 12.1 Å². The van der Waals surface area contributed by atoms with Gasteiger partial charge in [0.2, 0.25) is 0 Å². The maximum absolute atomic E-state index is 10.6. The molecule has 0 bridgehead atoms. The largest absolute Gasteiger partial charge is 0.271 e. The molecule has 0 spiro atoms. The molecule has 0 atom stereocenters. The Bertz CT molecular complexity index is 602. The van der Waals surface area contributed by atoms with Crippen LogP contribution in [0.3, 0.4) is 0 Å². The fourth-order valence-corrected chi connectivity index (χ4v) is 1.44. The van der Waals surface area contributed by atoms with Crippen LogP contribution in [0.25, 0.3) is 10.9 Å². The van der Waals surface area contributed by atoms with Crippen LogP contribution in [0.5, 0.6) is 0 Å². The van der Waals surface area contributed by atoms with Crippen molar-refractivity contribution < 1.29 is 4.92 Å². The Balaban J connectivity index is 2.57. The van der Waals surface area contributed by atoms with Crippen molar-refractivity contribution in [1.82, 2.24) is 4.98 Å². The monoisotopic (exact) mass is 213 g/mol. The average molecular weight is 213 g/mol. The summed E-state index contributed by atoms with van der Waals surface area (Å²) < 4.78 is 0. The number of fused-ring (bicyclic) bond motifs is 1. The maximum Gasteiger partial charge on any atom is 0.271 e. The number of pyridine rings is 1. The molecule has 0 aliphatic rings. The smallest absolute Gasteiger partial charge is 0.258 e. The van der Waals surface area contributed by atoms with E-state index in [9.17, 15) is 10.1 Å². The van der Waals surface area contributed by atoms with Gasteiger partial charge >= 0.3 is 0 Å². The molecule has 1 aromatic carbocycles. The summed E-state index contributed by atoms with van der Waals surface area (Å²) in [5, 5.41) is 19.9. The van der Waals surface area contributed by atoms with E-state index in [1.807, 2.05) is 6.07 Å². The zero-order chi connectivity index (χ0) is 11.5. The molecule has 5 heteroatoms. The molecule has 1 heterocycles. The van der Waals surface area contributed by atoms with Gasteiger partial charge in [-0.3, -0.25) is 15.1 Å². The lowest BCUT2D eigenvalue weighted by atomic mass is 10.1. The van der Waals surface area contributed by atoms with E-state index in [0.717, 1.165) is 5.39 Å². The second-order valence-electron chi connectivity index (χ2n) is 3.27. The van der Waals surface area contributed by atoms with Gasteiger partial charge in [0.25, 0.3) is 5.69 Å². The summed E-state index contributed by atoms with van der Waals surface area (Å²) in [6.45, 7) is 0. The first-order valence-corrected chi connectivity index (χ1v) is 4.62. The molecule has 0 fully saturated rings. The lowest BCUT2D eigenvalue weighted by molar-refractivity contribution is -0.384. The van der Waals surface area contributed by atoms with Gasteiger partial charge in [-0.2, -0.15) is 5.26 Å². The third-order valence-corrected chi connectivity index (χ3v) is 2.20. The second kappa shape index (κ2) is 3.95. The average Bonchev–Trinajstić information content (AvgIpc) is 2.28. The molecular formula is C11H7N3O2. The number of non-ortho nitro benzene ring substituents is 1. The molecule has 0 amide bonds. The van der Waals surface area contributed by atoms with E-state index in [-0.39, 0.29) is 12.1 Å². The minimum atomic E-state index is -0.460. The molecule has 0 saturated heterocycles. The molecule has 0 N–H and O–H groups in total. The van der Waals surface area contributed by atoms with E-state index in [2.05, 4.69) is 4.98 Å². The summed E-state index contributed by atoms with van der Waals surface area (Å²) >= 11 is 0. The van der Waals surface area contributed by atoms with Crippen molar-refractivity contribution in [3.63, 3.8) is 0 Å². The molecule has 78 valence electrons. The van der Waals surface area contributed by atoms with Gasteiger partial charge in [-0.05, 0) is 12.1 Å². The Hall–Kier alpha value is -2.48. The van der Waals surface area contributed by atoms with Crippen molar-refractivity contribution in [3.05, 3.63) is 46.1 Å². The number of hydrogen-bond donors (Lipinski definition) is 0. The van der Waals surface area contributed by atoms with Crippen LogP contribution in [0, 0.1) is 21.4 Å². The Labute approximate surface area is 91.1 Å². The van der Waals surface area contributed by atoms with Gasteiger partial charge in [-0.25, -0.2) is 0 Å². The molecule has 0 unspecified atom stereocenters. The number of aromatic nitrogens is 1. The highest BCUT2D eigenvalue weighted by atomic mass is 16.6. The van der Waals surface area contributed by atoms with Crippen molar-refractivity contribution in [2.24, 2.45) is 0 Å². The summed E-state index contributed by atoms with van der Waals surface area (Å²) in [4.78, 5) is 14.3. The Morgan fingerprint density at radius 3 is 2.81 bits per heavy atom. The predicted octanol–water partition coefficient (Wildman–Crippen LogP) is 2.21. The quantitative estimate of drug-likeness (QED) is 0.565. The minimum Gasteiger partial charge on any atom is -0.258 e. The molecule has 1 aromatic heterocycles. The third kappa shape index (κ3) is 1.81. The van der Waals surface area contributed by atoms with Gasteiger partial charge in [0.15, 0.2) is 0 Å². The summed E-state index contributed by atoms with van der Waals surface area (Å²) in [6.07, 6.45) is 0.207. The number of nitro benzene ring substituents is 1. The van der Waals surface area contributed by atoms with E-state index in [0.29, 0.717) is 11.2 Å². The number of nitro groups is 1. The number of nitrogens with zero attached hydrogens (tertiary/aromatic N) is 3. The summed E-state index contributed by atoms with van der Waals surface area (Å²) in [7, 11) is 0. The van der Waals surface area contributed by atoms with E-state index in [1.54, 1.807) is 18.2 Å². The number of nitriles is 1. The van der Waals surface area contributed by atoms with E-state index < -0.39 is 4.92 Å². The van der Waals surface area contributed by atoms with Crippen molar-refractivity contribution >= 4 is 16.6 Å². The summed E-state index contributed by atoms with van der Waals surface area (Å²) in [5.41, 5.74) is 1.17. The van der Waals surface area contributed by atoms with Crippen LogP contribution in [0.2, 0.25) is 0 Å². The lowest BCUT2D eigenvalue weighted by Gasteiger charge is -1.99. The van der Waals surface area contributed by atoms with Crippen molar-refractivity contribution in [1.29, 1.82) is 5.26 Å². The molecular weight excluding hydrogens is 206 g/mol. The van der Waals surface area contributed by atoms with Crippen LogP contribution >= 0.6 is 0 Å². The molecule has 2 rings (SSSR count). The standard InChI is InChI=1S/C11H7N3O2/c12-6-5-9-3-1-8-2-4-10(14(15)16)7-11(8)13-9/h1-4,7H,5H2. The minimum absolute atomic E-state index is 0.00843. The van der Waals surface area contributed by atoms with Crippen LogP contribution in [-0.2, 0) is 6.42 Å². The SMILES string of the molecule is N#CCc1ccc2ccc([N+](=O)[O-])cc2n1. The fourth-order valence-electron chi connectivity index (χ4n) is 1.44. The highest BCUT2D eigenvalue weighted by Gasteiger charge is 2.07. The zero-order valence-corrected chi connectivity index (χ0v) is 8.25. The third-order valence-electron chi connectivity index (χ3n) is 2.20. The van der Waals surface area contributed by atoms with Crippen LogP contribution in [0.4, 0.5) is 5.69 Å². The normalized spacial score (nSPS) is 9.94. The molecule has 2 aromatic rings. The zero-order valence-electron chi connectivity index (χ0n) is 8.25. The van der Waals surface area contributed by atoms with E-state index >= 15 is 0 Å². The maximum atomic E-state index is 10.6. The molecule has 0 saturated carbocycles. The molecule has 0 aliphatic heterocycles. The van der Waals surface area contributed by atoms with Gasteiger partial charge in [0.1, 0.15) is 0 Å². The van der Waals surface area contributed by atoms with E-state index in [4.69, 9.17) is 5.26 Å². The highest BCUT2D eigenvalue weighted by molar-refractivity contribution is 5.81. The van der Waals surface area contributed by atoms with Crippen LogP contribution < -0.4 is 0 Å². The Kier molecular flexibility index (Phi) is 2.48. The van der Waals surface area contributed by atoms with Gasteiger partial charge in [0, 0.05) is 17.5 Å². The van der Waals surface area contributed by atoms with Crippen molar-refractivity contribution in [3.8, 4) is 6.07 Å². The lowest BCUT2D eigenvalue weighted by Crippen LogP contribution is -1.91. The van der Waals surface area contributed by atoms with Gasteiger partial charge in [-0.15, -0.1) is 0 Å². The van der Waals surface area contributed by atoms with Gasteiger partial charge in [-0.1, -0.05) is 6.07 Å². The molecule has 16 heavy (non-hydrogen) atoms. The summed E-state index contributed by atoms with van der Waals surface area (Å²) in [5.74, 6) is 0. The summed E-state index contributed by atoms with van der Waals surface area (Å²) in [6, 6.07) is 10.0. The van der Waals surface area contributed by atoms with Crippen molar-refractivity contribution in [2.45, 2.75) is 6.42 Å². The molecule has 0 aliphatic carbocycles. The van der Waals surface area contributed by atoms with Crippen LogP contribution in [0.1, 0.15) is 5.69 Å². The van der Waals surface area contributed by atoms with Gasteiger partial charge in [0.05, 0.1) is 28.6 Å². The topological polar surface area (TPSA) is 79.8 Å². The molecule has 5 nitrogen and oxygen atoms in total. The Morgan fingerprint density at radius 2 is 2.12 bits per heavy atom.